The van der Waals surface area contributed by atoms with Crippen molar-refractivity contribution < 1.29 is 0 Å². The fourth-order valence-corrected chi connectivity index (χ4v) is 3.15. The minimum Gasteiger partial charge on any atom is -0.217 e. The van der Waals surface area contributed by atoms with E-state index in [9.17, 15) is 0 Å². The molecule has 1 aliphatic rings. The Kier molecular flexibility index (Phi) is 3.15. The van der Waals surface area contributed by atoms with Crippen LogP contribution in [0.2, 0.25) is 0 Å². The third-order valence-corrected chi connectivity index (χ3v) is 4.43. The van der Waals surface area contributed by atoms with Crippen molar-refractivity contribution in [3.05, 3.63) is 34.3 Å². The largest absolute Gasteiger partial charge is 0.217 e. The van der Waals surface area contributed by atoms with E-state index in [1.165, 1.54) is 18.4 Å². The summed E-state index contributed by atoms with van der Waals surface area (Å²) in [6, 6.07) is 8.77. The number of tetrazole rings is 1. The lowest BCUT2D eigenvalue weighted by atomic mass is 10.2. The highest BCUT2D eigenvalue weighted by Crippen LogP contribution is 2.37. The molecule has 1 saturated carbocycles. The molecule has 1 aromatic carbocycles. The minimum absolute atomic E-state index is 0.534. The fourth-order valence-electron chi connectivity index (χ4n) is 1.59. The van der Waals surface area contributed by atoms with Crippen LogP contribution in [-0.2, 0) is 5.75 Å². The van der Waals surface area contributed by atoms with Gasteiger partial charge in [0.2, 0.25) is 5.16 Å². The predicted molar refractivity (Wildman–Crippen MR) is 69.8 cm³/mol. The standard InChI is InChI=1S/C11H11BrN4S/c12-10-4-2-1-3-8(10)7-17-11-13-14-15-16(11)9-5-6-9/h1-4,9H,5-7H2. The Morgan fingerprint density at radius 2 is 2.18 bits per heavy atom. The average Bonchev–Trinajstić information content (AvgIpc) is 3.08. The Hall–Kier alpha value is -0.880. The molecule has 0 amide bonds. The number of halogens is 1. The summed E-state index contributed by atoms with van der Waals surface area (Å²) in [7, 11) is 0. The van der Waals surface area contributed by atoms with Gasteiger partial charge >= 0.3 is 0 Å². The molecule has 0 bridgehead atoms. The molecule has 1 aliphatic carbocycles. The van der Waals surface area contributed by atoms with Crippen molar-refractivity contribution in [1.82, 2.24) is 20.2 Å². The zero-order valence-corrected chi connectivity index (χ0v) is 11.5. The molecule has 0 unspecified atom stereocenters. The van der Waals surface area contributed by atoms with E-state index in [0.717, 1.165) is 15.4 Å². The Morgan fingerprint density at radius 1 is 1.35 bits per heavy atom. The second-order valence-corrected chi connectivity index (χ2v) is 5.81. The molecule has 0 saturated heterocycles. The van der Waals surface area contributed by atoms with E-state index in [2.05, 4.69) is 43.6 Å². The van der Waals surface area contributed by atoms with E-state index in [-0.39, 0.29) is 0 Å². The van der Waals surface area contributed by atoms with Crippen molar-refractivity contribution in [3.63, 3.8) is 0 Å². The van der Waals surface area contributed by atoms with Crippen LogP contribution in [0.25, 0.3) is 0 Å². The molecule has 0 spiro atoms. The lowest BCUT2D eigenvalue weighted by molar-refractivity contribution is 0.565. The highest BCUT2D eigenvalue weighted by molar-refractivity contribution is 9.10. The zero-order valence-electron chi connectivity index (χ0n) is 9.08. The maximum Gasteiger partial charge on any atom is 0.209 e. The van der Waals surface area contributed by atoms with Gasteiger partial charge in [-0.3, -0.25) is 0 Å². The fraction of sp³-hybridized carbons (Fsp3) is 0.364. The Balaban J connectivity index is 1.71. The van der Waals surface area contributed by atoms with Gasteiger partial charge in [-0.2, -0.15) is 0 Å². The number of nitrogens with zero attached hydrogens (tertiary/aromatic N) is 4. The van der Waals surface area contributed by atoms with Gasteiger partial charge in [-0.1, -0.05) is 45.9 Å². The normalized spacial score (nSPS) is 15.1. The molecule has 0 aliphatic heterocycles. The minimum atomic E-state index is 0.534. The van der Waals surface area contributed by atoms with Crippen LogP contribution >= 0.6 is 27.7 Å². The summed E-state index contributed by atoms with van der Waals surface area (Å²) in [5.41, 5.74) is 1.27. The number of rotatable bonds is 4. The average molecular weight is 311 g/mol. The maximum atomic E-state index is 4.07. The third kappa shape index (κ3) is 2.52. The molecule has 2 aromatic rings. The summed E-state index contributed by atoms with van der Waals surface area (Å²) in [4.78, 5) is 0. The smallest absolute Gasteiger partial charge is 0.209 e. The van der Waals surface area contributed by atoms with Crippen molar-refractivity contribution >= 4 is 27.7 Å². The van der Waals surface area contributed by atoms with Crippen molar-refractivity contribution in [3.8, 4) is 0 Å². The Bertz CT molecular complexity index is 524. The van der Waals surface area contributed by atoms with Gasteiger partial charge in [-0.25, -0.2) is 4.68 Å². The van der Waals surface area contributed by atoms with Crippen molar-refractivity contribution in [2.75, 3.05) is 0 Å². The summed E-state index contributed by atoms with van der Waals surface area (Å²) in [6.45, 7) is 0. The van der Waals surface area contributed by atoms with Gasteiger partial charge in [-0.15, -0.1) is 5.10 Å². The second-order valence-electron chi connectivity index (χ2n) is 4.02. The summed E-state index contributed by atoms with van der Waals surface area (Å²) >= 11 is 5.23. The molecule has 6 heteroatoms. The molecule has 1 fully saturated rings. The van der Waals surface area contributed by atoms with Crippen LogP contribution in [0, 0.1) is 0 Å². The number of hydrogen-bond donors (Lipinski definition) is 0. The highest BCUT2D eigenvalue weighted by atomic mass is 79.9. The van der Waals surface area contributed by atoms with Gasteiger partial charge < -0.3 is 0 Å². The molecule has 0 N–H and O–H groups in total. The molecule has 1 heterocycles. The van der Waals surface area contributed by atoms with E-state index in [1.807, 2.05) is 16.8 Å². The van der Waals surface area contributed by atoms with Crippen molar-refractivity contribution in [2.45, 2.75) is 29.8 Å². The van der Waals surface area contributed by atoms with E-state index in [0.29, 0.717) is 6.04 Å². The van der Waals surface area contributed by atoms with Gasteiger partial charge in [0.1, 0.15) is 0 Å². The molecule has 4 nitrogen and oxygen atoms in total. The number of aromatic nitrogens is 4. The lowest BCUT2D eigenvalue weighted by Crippen LogP contribution is -1.98. The van der Waals surface area contributed by atoms with E-state index < -0.39 is 0 Å². The molecule has 17 heavy (non-hydrogen) atoms. The first-order valence-electron chi connectivity index (χ1n) is 5.48. The van der Waals surface area contributed by atoms with Crippen LogP contribution in [0.5, 0.6) is 0 Å². The van der Waals surface area contributed by atoms with E-state index in [4.69, 9.17) is 0 Å². The van der Waals surface area contributed by atoms with Crippen molar-refractivity contribution in [2.24, 2.45) is 0 Å². The Labute approximate surface area is 112 Å². The molecule has 0 atom stereocenters. The van der Waals surface area contributed by atoms with Crippen LogP contribution in [-0.4, -0.2) is 20.2 Å². The predicted octanol–water partition coefficient (Wildman–Crippen LogP) is 3.06. The van der Waals surface area contributed by atoms with Crippen LogP contribution < -0.4 is 0 Å². The molecular formula is C11H11BrN4S. The first kappa shape index (κ1) is 11.2. The zero-order chi connectivity index (χ0) is 11.7. The maximum absolute atomic E-state index is 4.07. The van der Waals surface area contributed by atoms with Gasteiger partial charge in [-0.05, 0) is 34.9 Å². The first-order valence-corrected chi connectivity index (χ1v) is 7.26. The van der Waals surface area contributed by atoms with Crippen LogP contribution in [0.15, 0.2) is 33.9 Å². The van der Waals surface area contributed by atoms with Gasteiger partial charge in [0.15, 0.2) is 0 Å². The summed E-state index contributed by atoms with van der Waals surface area (Å²) in [6.07, 6.45) is 2.40. The number of hydrogen-bond acceptors (Lipinski definition) is 4. The number of thioether (sulfide) groups is 1. The van der Waals surface area contributed by atoms with Gasteiger partial charge in [0, 0.05) is 10.2 Å². The molecular weight excluding hydrogens is 300 g/mol. The summed E-state index contributed by atoms with van der Waals surface area (Å²) in [5.74, 6) is 0.883. The Morgan fingerprint density at radius 3 is 2.94 bits per heavy atom. The highest BCUT2D eigenvalue weighted by Gasteiger charge is 2.27. The third-order valence-electron chi connectivity index (χ3n) is 2.67. The van der Waals surface area contributed by atoms with Gasteiger partial charge in [0.25, 0.3) is 0 Å². The topological polar surface area (TPSA) is 43.6 Å². The van der Waals surface area contributed by atoms with Crippen LogP contribution in [0.3, 0.4) is 0 Å². The molecule has 0 radical (unpaired) electrons. The van der Waals surface area contributed by atoms with E-state index >= 15 is 0 Å². The van der Waals surface area contributed by atoms with E-state index in [1.54, 1.807) is 11.8 Å². The summed E-state index contributed by atoms with van der Waals surface area (Å²) in [5, 5.41) is 12.8. The molecule has 3 rings (SSSR count). The van der Waals surface area contributed by atoms with Crippen LogP contribution in [0.1, 0.15) is 24.4 Å². The van der Waals surface area contributed by atoms with Crippen LogP contribution in [0.4, 0.5) is 0 Å². The SMILES string of the molecule is Brc1ccccc1CSc1nnnn1C1CC1. The monoisotopic (exact) mass is 310 g/mol. The lowest BCUT2D eigenvalue weighted by Gasteiger charge is -2.04. The molecule has 88 valence electrons. The number of benzene rings is 1. The first-order chi connectivity index (χ1) is 8.34. The quantitative estimate of drug-likeness (QED) is 0.814. The van der Waals surface area contributed by atoms with Gasteiger partial charge in [0.05, 0.1) is 6.04 Å². The summed E-state index contributed by atoms with van der Waals surface area (Å²) < 4.78 is 3.08. The molecule has 1 aromatic heterocycles. The van der Waals surface area contributed by atoms with Crippen molar-refractivity contribution in [1.29, 1.82) is 0 Å². The second kappa shape index (κ2) is 4.78.